The minimum absolute atomic E-state index is 0.0391. The molecule has 2 aromatic carbocycles. The van der Waals surface area contributed by atoms with E-state index in [1.165, 1.54) is 19.0 Å². The lowest BCUT2D eigenvalue weighted by Crippen LogP contribution is -2.80. The van der Waals surface area contributed by atoms with Crippen molar-refractivity contribution in [2.24, 2.45) is 22.6 Å². The number of carbonyl (C=O) groups excluding carboxylic acids is 3. The van der Waals surface area contributed by atoms with E-state index in [2.05, 4.69) is 5.32 Å². The summed E-state index contributed by atoms with van der Waals surface area (Å²) >= 11 is 0. The van der Waals surface area contributed by atoms with Crippen molar-refractivity contribution >= 4 is 28.9 Å². The first-order chi connectivity index (χ1) is 21.6. The van der Waals surface area contributed by atoms with E-state index >= 15 is 0 Å². The Morgan fingerprint density at radius 2 is 1.76 bits per heavy atom. The third-order valence-electron chi connectivity index (χ3n) is 9.54. The lowest BCUT2D eigenvalue weighted by Gasteiger charge is -2.58. The molecule has 13 nitrogen and oxygen atoms in total. The minimum Gasteiger partial charge on any atom is -0.509 e. The maximum Gasteiger partial charge on any atom is 0.255 e. The van der Waals surface area contributed by atoms with Gasteiger partial charge in [-0.15, -0.1) is 0 Å². The van der Waals surface area contributed by atoms with Crippen molar-refractivity contribution in [2.45, 2.75) is 42.9 Å². The third kappa shape index (κ3) is 4.48. The summed E-state index contributed by atoms with van der Waals surface area (Å²) in [5, 5.41) is 48.7. The van der Waals surface area contributed by atoms with E-state index in [0.717, 1.165) is 12.0 Å². The maximum atomic E-state index is 14.6. The largest absolute Gasteiger partial charge is 0.509 e. The fourth-order valence-electron chi connectivity index (χ4n) is 7.57. The molecule has 3 aliphatic carbocycles. The Hall–Kier alpha value is -4.74. The molecule has 0 heterocycles. The van der Waals surface area contributed by atoms with E-state index in [9.17, 15) is 35.0 Å². The van der Waals surface area contributed by atoms with Crippen LogP contribution in [-0.4, -0.2) is 89.5 Å². The third-order valence-corrected chi connectivity index (χ3v) is 9.54. The van der Waals surface area contributed by atoms with Crippen LogP contribution in [0.1, 0.15) is 28.7 Å². The van der Waals surface area contributed by atoms with Gasteiger partial charge in [0.2, 0.25) is 0 Å². The minimum atomic E-state index is -2.71. The van der Waals surface area contributed by atoms with Crippen molar-refractivity contribution < 1.29 is 29.7 Å². The average Bonchev–Trinajstić information content (AvgIpc) is 2.95. The van der Waals surface area contributed by atoms with Crippen molar-refractivity contribution in [3.63, 3.8) is 0 Å². The van der Waals surface area contributed by atoms with Crippen LogP contribution < -0.4 is 27.4 Å². The fraction of sp³-hybridized carbons (Fsp3) is 0.394. The first-order valence-corrected chi connectivity index (χ1v) is 14.8. The second kappa shape index (κ2) is 11.3. The van der Waals surface area contributed by atoms with E-state index in [4.69, 9.17) is 17.2 Å². The number of rotatable bonds is 8. The van der Waals surface area contributed by atoms with Crippen LogP contribution in [0.2, 0.25) is 0 Å². The van der Waals surface area contributed by atoms with Crippen molar-refractivity contribution in [3.05, 3.63) is 75.6 Å². The maximum absolute atomic E-state index is 14.6. The molecule has 0 saturated heterocycles. The molecule has 5 rings (SSSR count). The fourth-order valence-corrected chi connectivity index (χ4v) is 7.57. The van der Waals surface area contributed by atoms with Crippen LogP contribution in [0.5, 0.6) is 5.75 Å². The average molecular weight is 630 g/mol. The lowest BCUT2D eigenvalue weighted by molar-refractivity contribution is -0.139. The van der Waals surface area contributed by atoms with Crippen LogP contribution in [0.25, 0.3) is 5.76 Å². The Morgan fingerprint density at radius 3 is 2.33 bits per heavy atom. The van der Waals surface area contributed by atoms with Crippen LogP contribution in [0.4, 0.5) is 5.69 Å². The van der Waals surface area contributed by atoms with Crippen molar-refractivity contribution in [2.75, 3.05) is 39.6 Å². The molecule has 13 heteroatoms. The summed E-state index contributed by atoms with van der Waals surface area (Å²) in [7, 11) is 6.52. The van der Waals surface area contributed by atoms with Gasteiger partial charge in [-0.05, 0) is 57.1 Å². The molecule has 1 fully saturated rings. The number of amides is 1. The van der Waals surface area contributed by atoms with Gasteiger partial charge in [0.25, 0.3) is 5.91 Å². The van der Waals surface area contributed by atoms with Crippen LogP contribution >= 0.6 is 0 Å². The number of aliphatic hydroxyl groups excluding tert-OH is 2. The van der Waals surface area contributed by atoms with Crippen LogP contribution in [0, 0.1) is 16.7 Å². The number of nitrogens with two attached hydrogens (primary N) is 3. The molecule has 3 aliphatic rings. The number of fused-ring (bicyclic) bond motifs is 3. The standard InChI is InChI=1S/C33H39N7O6/c1-39(2)20-12-18(14-38-11-10-17-8-6-5-7-9-17)24(41)21-19(20)13-31(36)15-33(37)27(40(3)4)26(43)22(30(35)46)28(44)32(33,16-34)29(45)23(31)25(21)42/h5-9,12,27,38,41-42,44H,10-11,13-15,36-37H2,1-4H3,(H2,35,46)/t27-,31-,32+,33-/m1/s1. The number of aromatic hydroxyl groups is 1. The first kappa shape index (κ1) is 32.6. The number of nitriles is 1. The van der Waals surface area contributed by atoms with Gasteiger partial charge < -0.3 is 42.7 Å². The molecule has 46 heavy (non-hydrogen) atoms. The highest BCUT2D eigenvalue weighted by Crippen LogP contribution is 2.59. The zero-order chi connectivity index (χ0) is 33.9. The van der Waals surface area contributed by atoms with E-state index < -0.39 is 69.1 Å². The summed E-state index contributed by atoms with van der Waals surface area (Å²) in [6.07, 6.45) is 0.196. The molecule has 0 aromatic heterocycles. The molecular formula is C33H39N7O6. The molecule has 0 radical (unpaired) electrons. The number of benzene rings is 2. The molecule has 0 aliphatic heterocycles. The predicted molar refractivity (Wildman–Crippen MR) is 170 cm³/mol. The number of likely N-dealkylation sites (N-methyl/N-ethyl adjacent to an activating group) is 1. The number of nitrogens with one attached hydrogen (secondary N) is 1. The number of aliphatic hydroxyl groups is 2. The zero-order valence-electron chi connectivity index (χ0n) is 26.2. The lowest BCUT2D eigenvalue weighted by atomic mass is 9.47. The Morgan fingerprint density at radius 1 is 1.11 bits per heavy atom. The van der Waals surface area contributed by atoms with Gasteiger partial charge in [-0.3, -0.25) is 19.3 Å². The number of phenols is 1. The summed E-state index contributed by atoms with van der Waals surface area (Å²) in [5.74, 6) is -5.62. The van der Waals surface area contributed by atoms with E-state index in [1.54, 1.807) is 31.1 Å². The van der Waals surface area contributed by atoms with Crippen LogP contribution in [0.3, 0.4) is 0 Å². The normalized spacial score (nSPS) is 27.2. The summed E-state index contributed by atoms with van der Waals surface area (Å²) in [4.78, 5) is 43.7. The highest BCUT2D eigenvalue weighted by atomic mass is 16.3. The molecule has 2 aromatic rings. The number of ketones is 2. The SMILES string of the molecule is CN(C)c1cc(CNCCc2ccccc2)c(O)c2c1C[C@@]1(N)C[C@@]3(N)[C@H](N(C)C)C(=O)C(C(N)=O)=C(O)[C@@]3(C#N)C(=O)C1=C2O. The van der Waals surface area contributed by atoms with E-state index in [0.29, 0.717) is 23.4 Å². The first-order valence-electron chi connectivity index (χ1n) is 14.8. The van der Waals surface area contributed by atoms with Crippen LogP contribution in [-0.2, 0) is 33.8 Å². The Balaban J connectivity index is 1.68. The van der Waals surface area contributed by atoms with Crippen molar-refractivity contribution in [1.29, 1.82) is 5.26 Å². The van der Waals surface area contributed by atoms with Gasteiger partial charge >= 0.3 is 0 Å². The Kier molecular flexibility index (Phi) is 7.99. The van der Waals surface area contributed by atoms with Crippen molar-refractivity contribution in [3.8, 4) is 11.8 Å². The smallest absolute Gasteiger partial charge is 0.255 e. The highest BCUT2D eigenvalue weighted by Gasteiger charge is 2.74. The number of nitrogens with zero attached hydrogens (tertiary/aromatic N) is 3. The van der Waals surface area contributed by atoms with Gasteiger partial charge in [0.1, 0.15) is 22.8 Å². The number of anilines is 1. The Bertz CT molecular complexity index is 1760. The number of Topliss-reactive ketones (excluding diaryl/α,β-unsaturated/α-hetero) is 2. The second-order valence-electron chi connectivity index (χ2n) is 12.8. The number of primary amides is 1. The predicted octanol–water partition coefficient (Wildman–Crippen LogP) is 0.304. The second-order valence-corrected chi connectivity index (χ2v) is 12.8. The summed E-state index contributed by atoms with van der Waals surface area (Å²) in [5.41, 5.74) is 13.9. The van der Waals surface area contributed by atoms with Gasteiger partial charge in [0.15, 0.2) is 17.0 Å². The number of hydrogen-bond acceptors (Lipinski definition) is 12. The molecule has 1 amide bonds. The van der Waals surface area contributed by atoms with Crippen molar-refractivity contribution in [1.82, 2.24) is 10.2 Å². The van der Waals surface area contributed by atoms with Crippen LogP contribution in [0.15, 0.2) is 53.3 Å². The number of phenolic OH excluding ortho intramolecular Hbond substituents is 1. The number of hydrogen-bond donors (Lipinski definition) is 7. The molecular weight excluding hydrogens is 590 g/mol. The van der Waals surface area contributed by atoms with Gasteiger partial charge in [0.05, 0.1) is 34.3 Å². The van der Waals surface area contributed by atoms with E-state index in [-0.39, 0.29) is 24.3 Å². The van der Waals surface area contributed by atoms with E-state index in [1.807, 2.05) is 30.3 Å². The molecule has 0 spiro atoms. The van der Waals surface area contributed by atoms with Gasteiger partial charge in [-0.1, -0.05) is 30.3 Å². The zero-order valence-corrected chi connectivity index (χ0v) is 26.2. The molecule has 0 bridgehead atoms. The van der Waals surface area contributed by atoms with Gasteiger partial charge in [0, 0.05) is 31.9 Å². The topological polar surface area (TPSA) is 232 Å². The Labute approximate surface area is 266 Å². The quantitative estimate of drug-likeness (QED) is 0.154. The number of carbonyl (C=O) groups is 3. The summed E-state index contributed by atoms with van der Waals surface area (Å²) in [6, 6.07) is 12.0. The highest BCUT2D eigenvalue weighted by molar-refractivity contribution is 6.25. The molecule has 10 N–H and O–H groups in total. The van der Waals surface area contributed by atoms with Gasteiger partial charge in [-0.2, -0.15) is 5.26 Å². The summed E-state index contributed by atoms with van der Waals surface area (Å²) < 4.78 is 0. The summed E-state index contributed by atoms with van der Waals surface area (Å²) in [6.45, 7) is 0.821. The monoisotopic (exact) mass is 629 g/mol. The molecule has 4 atom stereocenters. The van der Waals surface area contributed by atoms with Gasteiger partial charge in [-0.25, -0.2) is 0 Å². The molecule has 1 saturated carbocycles. The molecule has 242 valence electrons. The molecule has 0 unspecified atom stereocenters.